The van der Waals surface area contributed by atoms with Crippen LogP contribution in [0.15, 0.2) is 47.1 Å². The van der Waals surface area contributed by atoms with Gasteiger partial charge in [0.05, 0.1) is 6.26 Å². The first-order valence-electron chi connectivity index (χ1n) is 8.57. The number of amides is 1. The van der Waals surface area contributed by atoms with Crippen LogP contribution < -0.4 is 10.1 Å². The van der Waals surface area contributed by atoms with Crippen molar-refractivity contribution in [1.29, 1.82) is 0 Å². The summed E-state index contributed by atoms with van der Waals surface area (Å²) < 4.78 is 10.7. The standard InChI is InChI=1S/C19H22N2O3/c1-13-18(14-8-10-21(13)11-9-14)20-19(22)15-4-6-16(7-5-15)24-17-3-2-12-23-17/h2-7,12-14,18H,8-11H2,1H3,(H,20,22). The normalized spacial score (nSPS) is 28.5. The number of nitrogens with one attached hydrogen (secondary N) is 1. The average Bonchev–Trinajstić information content (AvgIpc) is 3.12. The van der Waals surface area contributed by atoms with Gasteiger partial charge in [0.2, 0.25) is 0 Å². The Labute approximate surface area is 141 Å². The van der Waals surface area contributed by atoms with Crippen molar-refractivity contribution >= 4 is 5.91 Å². The second kappa shape index (κ2) is 6.32. The quantitative estimate of drug-likeness (QED) is 0.937. The molecule has 0 spiro atoms. The van der Waals surface area contributed by atoms with Gasteiger partial charge in [0.1, 0.15) is 5.75 Å². The minimum absolute atomic E-state index is 0.00912. The van der Waals surface area contributed by atoms with Crippen LogP contribution in [0, 0.1) is 5.92 Å². The van der Waals surface area contributed by atoms with Crippen LogP contribution in [0.5, 0.6) is 11.7 Å². The summed E-state index contributed by atoms with van der Waals surface area (Å²) in [6.45, 7) is 4.55. The van der Waals surface area contributed by atoms with Crippen LogP contribution in [0.25, 0.3) is 0 Å². The first-order valence-corrected chi connectivity index (χ1v) is 8.57. The van der Waals surface area contributed by atoms with Gasteiger partial charge in [-0.05, 0) is 69.1 Å². The fourth-order valence-corrected chi connectivity index (χ4v) is 3.89. The first-order chi connectivity index (χ1) is 11.7. The predicted molar refractivity (Wildman–Crippen MR) is 90.2 cm³/mol. The molecule has 1 aromatic carbocycles. The van der Waals surface area contributed by atoms with E-state index in [4.69, 9.17) is 9.15 Å². The fraction of sp³-hybridized carbons (Fsp3) is 0.421. The Kier molecular flexibility index (Phi) is 4.02. The summed E-state index contributed by atoms with van der Waals surface area (Å²) in [6.07, 6.45) is 3.93. The third-order valence-electron chi connectivity index (χ3n) is 5.31. The average molecular weight is 326 g/mol. The van der Waals surface area contributed by atoms with E-state index in [0.717, 1.165) is 13.1 Å². The number of carbonyl (C=O) groups excluding carboxylic acids is 1. The Hall–Kier alpha value is -2.27. The van der Waals surface area contributed by atoms with Crippen LogP contribution in [0.2, 0.25) is 0 Å². The van der Waals surface area contributed by atoms with E-state index in [0.29, 0.717) is 29.2 Å². The molecule has 2 aromatic rings. The number of fused-ring (bicyclic) bond motifs is 3. The predicted octanol–water partition coefficient (Wildman–Crippen LogP) is 3.28. The Morgan fingerprint density at radius 2 is 1.96 bits per heavy atom. The highest BCUT2D eigenvalue weighted by molar-refractivity contribution is 5.94. The van der Waals surface area contributed by atoms with E-state index in [9.17, 15) is 4.79 Å². The molecule has 126 valence electrons. The Morgan fingerprint density at radius 1 is 1.21 bits per heavy atom. The topological polar surface area (TPSA) is 54.7 Å². The van der Waals surface area contributed by atoms with Crippen molar-refractivity contribution in [2.24, 2.45) is 5.92 Å². The van der Waals surface area contributed by atoms with E-state index in [1.807, 2.05) is 0 Å². The number of ether oxygens (including phenoxy) is 1. The van der Waals surface area contributed by atoms with Gasteiger partial charge in [0, 0.05) is 23.7 Å². The second-order valence-electron chi connectivity index (χ2n) is 6.67. The molecule has 1 aromatic heterocycles. The molecule has 0 saturated carbocycles. The van der Waals surface area contributed by atoms with E-state index < -0.39 is 0 Å². The molecule has 3 saturated heterocycles. The SMILES string of the molecule is CC1C(NC(=O)c2ccc(Oc3ccco3)cc2)C2CCN1CC2. The number of nitrogens with zero attached hydrogens (tertiary/aromatic N) is 1. The van der Waals surface area contributed by atoms with Crippen molar-refractivity contribution in [1.82, 2.24) is 10.2 Å². The van der Waals surface area contributed by atoms with Crippen molar-refractivity contribution < 1.29 is 13.9 Å². The van der Waals surface area contributed by atoms with Crippen molar-refractivity contribution in [2.45, 2.75) is 31.8 Å². The fourth-order valence-electron chi connectivity index (χ4n) is 3.89. The molecule has 0 radical (unpaired) electrons. The summed E-state index contributed by atoms with van der Waals surface area (Å²) in [6, 6.07) is 11.3. The van der Waals surface area contributed by atoms with Gasteiger partial charge in [-0.25, -0.2) is 0 Å². The molecule has 5 heteroatoms. The van der Waals surface area contributed by atoms with Gasteiger partial charge in [-0.15, -0.1) is 0 Å². The smallest absolute Gasteiger partial charge is 0.289 e. The number of carbonyl (C=O) groups is 1. The molecule has 5 nitrogen and oxygen atoms in total. The van der Waals surface area contributed by atoms with E-state index in [1.165, 1.54) is 12.8 Å². The van der Waals surface area contributed by atoms with Crippen LogP contribution in [0.3, 0.4) is 0 Å². The highest BCUT2D eigenvalue weighted by Crippen LogP contribution is 2.32. The maximum Gasteiger partial charge on any atom is 0.289 e. The second-order valence-corrected chi connectivity index (χ2v) is 6.67. The maximum atomic E-state index is 12.6. The number of rotatable bonds is 4. The monoisotopic (exact) mass is 326 g/mol. The molecule has 24 heavy (non-hydrogen) atoms. The molecule has 4 heterocycles. The number of hydrogen-bond acceptors (Lipinski definition) is 4. The lowest BCUT2D eigenvalue weighted by atomic mass is 9.79. The Morgan fingerprint density at radius 3 is 2.58 bits per heavy atom. The lowest BCUT2D eigenvalue weighted by Crippen LogP contribution is -2.62. The summed E-state index contributed by atoms with van der Waals surface area (Å²) in [4.78, 5) is 15.1. The van der Waals surface area contributed by atoms with Gasteiger partial charge in [-0.3, -0.25) is 9.69 Å². The van der Waals surface area contributed by atoms with E-state index in [1.54, 1.807) is 42.7 Å². The summed E-state index contributed by atoms with van der Waals surface area (Å²) in [5.41, 5.74) is 0.658. The molecule has 3 aliphatic rings. The van der Waals surface area contributed by atoms with Crippen molar-refractivity contribution in [3.63, 3.8) is 0 Å². The van der Waals surface area contributed by atoms with Gasteiger partial charge < -0.3 is 14.5 Å². The number of benzene rings is 1. The van der Waals surface area contributed by atoms with Gasteiger partial charge in [-0.1, -0.05) is 0 Å². The lowest BCUT2D eigenvalue weighted by molar-refractivity contribution is 0.0217. The zero-order chi connectivity index (χ0) is 16.5. The van der Waals surface area contributed by atoms with E-state index in [2.05, 4.69) is 17.1 Å². The van der Waals surface area contributed by atoms with E-state index >= 15 is 0 Å². The molecule has 2 atom stereocenters. The van der Waals surface area contributed by atoms with Crippen LogP contribution in [-0.2, 0) is 0 Å². The van der Waals surface area contributed by atoms with Gasteiger partial charge in [0.15, 0.2) is 0 Å². The summed E-state index contributed by atoms with van der Waals surface area (Å²) in [5.74, 6) is 1.69. The molecule has 0 aliphatic carbocycles. The third kappa shape index (κ3) is 2.91. The molecule has 3 aliphatic heterocycles. The molecule has 2 unspecified atom stereocenters. The van der Waals surface area contributed by atoms with Crippen LogP contribution in [-0.4, -0.2) is 36.0 Å². The lowest BCUT2D eigenvalue weighted by Gasteiger charge is -2.49. The first kappa shape index (κ1) is 15.3. The minimum atomic E-state index is -0.00912. The van der Waals surface area contributed by atoms with Gasteiger partial charge >= 0.3 is 0 Å². The molecule has 5 rings (SSSR count). The highest BCUT2D eigenvalue weighted by Gasteiger charge is 2.40. The minimum Gasteiger partial charge on any atom is -0.434 e. The number of piperidine rings is 3. The molecule has 1 N–H and O–H groups in total. The van der Waals surface area contributed by atoms with E-state index in [-0.39, 0.29) is 11.9 Å². The molecule has 3 fully saturated rings. The molecule has 2 bridgehead atoms. The van der Waals surface area contributed by atoms with Gasteiger partial charge in [0.25, 0.3) is 11.9 Å². The zero-order valence-electron chi connectivity index (χ0n) is 13.8. The summed E-state index contributed by atoms with van der Waals surface area (Å²) in [7, 11) is 0. The zero-order valence-corrected chi connectivity index (χ0v) is 13.8. The summed E-state index contributed by atoms with van der Waals surface area (Å²) >= 11 is 0. The summed E-state index contributed by atoms with van der Waals surface area (Å²) in [5, 5.41) is 3.24. The number of hydrogen-bond donors (Lipinski definition) is 1. The Bertz CT molecular complexity index is 686. The van der Waals surface area contributed by atoms with Gasteiger partial charge in [-0.2, -0.15) is 0 Å². The Balaban J connectivity index is 1.41. The van der Waals surface area contributed by atoms with Crippen LogP contribution >= 0.6 is 0 Å². The van der Waals surface area contributed by atoms with Crippen LogP contribution in [0.4, 0.5) is 0 Å². The number of furan rings is 1. The highest BCUT2D eigenvalue weighted by atomic mass is 16.6. The maximum absolute atomic E-state index is 12.6. The van der Waals surface area contributed by atoms with Crippen molar-refractivity contribution in [3.8, 4) is 11.7 Å². The van der Waals surface area contributed by atoms with Crippen LogP contribution in [0.1, 0.15) is 30.1 Å². The largest absolute Gasteiger partial charge is 0.434 e. The molecular weight excluding hydrogens is 304 g/mol. The third-order valence-corrected chi connectivity index (χ3v) is 5.31. The van der Waals surface area contributed by atoms with Crippen molar-refractivity contribution in [2.75, 3.05) is 13.1 Å². The van der Waals surface area contributed by atoms with Crippen molar-refractivity contribution in [3.05, 3.63) is 48.2 Å². The molecule has 1 amide bonds. The molecular formula is C19H22N2O3.